The highest BCUT2D eigenvalue weighted by molar-refractivity contribution is 7.46. The third-order valence-electron chi connectivity index (χ3n) is 3.71. The van der Waals surface area contributed by atoms with E-state index >= 15 is 0 Å². The molecular formula is C16H23O14P. The molecule has 1 aliphatic rings. The minimum Gasteiger partial charge on any atom is -0.455 e. The molecule has 1 fully saturated rings. The van der Waals surface area contributed by atoms with Crippen LogP contribution in [0.2, 0.25) is 0 Å². The van der Waals surface area contributed by atoms with Gasteiger partial charge in [0, 0.05) is 34.6 Å². The molecule has 31 heavy (non-hydrogen) atoms. The smallest absolute Gasteiger partial charge is 0.455 e. The van der Waals surface area contributed by atoms with E-state index in [-0.39, 0.29) is 0 Å². The highest BCUT2D eigenvalue weighted by atomic mass is 31.2. The lowest BCUT2D eigenvalue weighted by Crippen LogP contribution is -2.68. The lowest BCUT2D eigenvalue weighted by molar-refractivity contribution is -0.253. The average molecular weight is 470 g/mol. The van der Waals surface area contributed by atoms with Crippen molar-refractivity contribution in [3.05, 3.63) is 0 Å². The van der Waals surface area contributed by atoms with Crippen LogP contribution in [0.5, 0.6) is 0 Å². The molecule has 0 spiro atoms. The Balaban J connectivity index is 3.73. The molecule has 0 aliphatic heterocycles. The number of hydrogen-bond acceptors (Lipinski definition) is 12. The molecule has 15 heteroatoms. The quantitative estimate of drug-likeness (QED) is 0.264. The molecule has 176 valence electrons. The zero-order valence-corrected chi connectivity index (χ0v) is 18.1. The highest BCUT2D eigenvalue weighted by Gasteiger charge is 2.61. The van der Waals surface area contributed by atoms with Crippen LogP contribution in [-0.2, 0) is 56.7 Å². The molecule has 2 N–H and O–H groups in total. The maximum Gasteiger partial charge on any atom is 0.470 e. The van der Waals surface area contributed by atoms with Gasteiger partial charge in [-0.1, -0.05) is 0 Å². The van der Waals surface area contributed by atoms with Crippen LogP contribution in [0.4, 0.5) is 0 Å². The topological polar surface area (TPSA) is 198 Å². The third-order valence-corrected chi connectivity index (χ3v) is 4.23. The fourth-order valence-electron chi connectivity index (χ4n) is 3.03. The summed E-state index contributed by atoms with van der Waals surface area (Å²) in [6, 6.07) is 0. The molecule has 3 unspecified atom stereocenters. The highest BCUT2D eigenvalue weighted by Crippen LogP contribution is 2.44. The van der Waals surface area contributed by atoms with Gasteiger partial charge in [-0.05, 0) is 0 Å². The van der Waals surface area contributed by atoms with Gasteiger partial charge in [-0.3, -0.25) is 28.5 Å². The molecule has 1 saturated carbocycles. The molecule has 0 amide bonds. The molecule has 1 rings (SSSR count). The van der Waals surface area contributed by atoms with Crippen LogP contribution in [0.1, 0.15) is 34.6 Å². The second-order valence-corrected chi connectivity index (χ2v) is 7.62. The maximum atomic E-state index is 11.7. The Kier molecular flexibility index (Phi) is 9.11. The summed E-state index contributed by atoms with van der Waals surface area (Å²) >= 11 is 0. The van der Waals surface area contributed by atoms with Gasteiger partial charge in [-0.25, -0.2) is 4.57 Å². The van der Waals surface area contributed by atoms with E-state index in [4.69, 9.17) is 23.7 Å². The van der Waals surface area contributed by atoms with Crippen LogP contribution >= 0.6 is 7.82 Å². The zero-order valence-electron chi connectivity index (χ0n) is 17.2. The number of esters is 5. The van der Waals surface area contributed by atoms with E-state index in [0.717, 1.165) is 34.6 Å². The second-order valence-electron chi connectivity index (χ2n) is 6.43. The molecule has 0 aromatic carbocycles. The molecular weight excluding hydrogens is 447 g/mol. The molecule has 0 bridgehead atoms. The molecule has 0 aromatic rings. The van der Waals surface area contributed by atoms with Crippen molar-refractivity contribution in [2.75, 3.05) is 0 Å². The zero-order chi connectivity index (χ0) is 24.1. The molecule has 0 radical (unpaired) electrons. The van der Waals surface area contributed by atoms with E-state index < -0.39 is 74.3 Å². The standard InChI is InChI=1S/C16H23O14P/c1-6(17)25-11-12(26-7(2)18)14(28-9(4)20)16(30-31(22,23)24)15(29-10(5)21)13(11)27-8(3)19/h11-16H,1-5H3,(H2,22,23,24)/t11?,12-,13?,14-,15+,16?/m1/s1. The summed E-state index contributed by atoms with van der Waals surface area (Å²) in [4.78, 5) is 77.0. The van der Waals surface area contributed by atoms with E-state index in [0.29, 0.717) is 0 Å². The Hall–Kier alpha value is -2.54. The minimum absolute atomic E-state index is 0.930. The number of rotatable bonds is 7. The van der Waals surface area contributed by atoms with Crippen LogP contribution in [0, 0.1) is 0 Å². The van der Waals surface area contributed by atoms with Crippen molar-refractivity contribution < 1.29 is 66.5 Å². The van der Waals surface area contributed by atoms with Crippen molar-refractivity contribution in [3.8, 4) is 0 Å². The number of ether oxygens (including phenoxy) is 5. The van der Waals surface area contributed by atoms with Crippen LogP contribution in [0.15, 0.2) is 0 Å². The van der Waals surface area contributed by atoms with E-state index in [1.165, 1.54) is 0 Å². The van der Waals surface area contributed by atoms with Gasteiger partial charge in [-0.2, -0.15) is 0 Å². The van der Waals surface area contributed by atoms with Gasteiger partial charge in [0.15, 0.2) is 36.6 Å². The van der Waals surface area contributed by atoms with Crippen molar-refractivity contribution in [2.45, 2.75) is 71.2 Å². The summed E-state index contributed by atoms with van der Waals surface area (Å²) in [6.45, 7) is 4.73. The van der Waals surface area contributed by atoms with Crippen molar-refractivity contribution in [1.82, 2.24) is 0 Å². The second kappa shape index (κ2) is 10.7. The monoisotopic (exact) mass is 470 g/mol. The van der Waals surface area contributed by atoms with Gasteiger partial charge < -0.3 is 33.5 Å². The first-order valence-corrected chi connectivity index (χ1v) is 10.3. The average Bonchev–Trinajstić information content (AvgIpc) is 2.54. The molecule has 0 aromatic heterocycles. The van der Waals surface area contributed by atoms with Crippen molar-refractivity contribution in [1.29, 1.82) is 0 Å². The number of phosphoric ester groups is 1. The minimum atomic E-state index is -5.34. The summed E-state index contributed by atoms with van der Waals surface area (Å²) in [5.41, 5.74) is 0. The van der Waals surface area contributed by atoms with Crippen LogP contribution in [-0.4, -0.2) is 76.3 Å². The Labute approximate surface area is 176 Å². The molecule has 14 nitrogen and oxygen atoms in total. The predicted octanol–water partition coefficient (Wildman–Crippen LogP) is -0.864. The van der Waals surface area contributed by atoms with Gasteiger partial charge in [0.2, 0.25) is 0 Å². The third kappa shape index (κ3) is 8.25. The van der Waals surface area contributed by atoms with Crippen LogP contribution < -0.4 is 0 Å². The Morgan fingerprint density at radius 2 is 0.710 bits per heavy atom. The van der Waals surface area contributed by atoms with Gasteiger partial charge in [0.1, 0.15) is 0 Å². The molecule has 0 heterocycles. The van der Waals surface area contributed by atoms with E-state index in [9.17, 15) is 38.3 Å². The van der Waals surface area contributed by atoms with Crippen LogP contribution in [0.25, 0.3) is 0 Å². The molecule has 1 aliphatic carbocycles. The van der Waals surface area contributed by atoms with Crippen molar-refractivity contribution in [2.24, 2.45) is 0 Å². The first-order valence-electron chi connectivity index (χ1n) is 8.72. The first-order chi connectivity index (χ1) is 14.1. The number of carbonyl (C=O) groups is 5. The van der Waals surface area contributed by atoms with Crippen molar-refractivity contribution >= 4 is 37.7 Å². The summed E-state index contributed by atoms with van der Waals surface area (Å²) in [6.07, 6.45) is -10.9. The number of carbonyl (C=O) groups excluding carboxylic acids is 5. The molecule has 6 atom stereocenters. The normalized spacial score (nSPS) is 28.1. The Bertz CT molecular complexity index is 728. The van der Waals surface area contributed by atoms with Crippen LogP contribution in [0.3, 0.4) is 0 Å². The van der Waals surface area contributed by atoms with Gasteiger partial charge in [-0.15, -0.1) is 0 Å². The summed E-state index contributed by atoms with van der Waals surface area (Å²) in [7, 11) is -5.34. The summed E-state index contributed by atoms with van der Waals surface area (Å²) < 4.78 is 41.5. The Morgan fingerprint density at radius 3 is 0.871 bits per heavy atom. The molecule has 0 saturated heterocycles. The van der Waals surface area contributed by atoms with Gasteiger partial charge in [0.05, 0.1) is 0 Å². The number of hydrogen-bond donors (Lipinski definition) is 2. The largest absolute Gasteiger partial charge is 0.470 e. The van der Waals surface area contributed by atoms with E-state index in [1.807, 2.05) is 0 Å². The first kappa shape index (κ1) is 26.5. The predicted molar refractivity (Wildman–Crippen MR) is 94.7 cm³/mol. The fourth-order valence-corrected chi connectivity index (χ4v) is 3.59. The Morgan fingerprint density at radius 1 is 0.516 bits per heavy atom. The van der Waals surface area contributed by atoms with Gasteiger partial charge in [0.25, 0.3) is 0 Å². The fraction of sp³-hybridized carbons (Fsp3) is 0.688. The maximum absolute atomic E-state index is 11.7. The van der Waals surface area contributed by atoms with E-state index in [1.54, 1.807) is 0 Å². The van der Waals surface area contributed by atoms with Crippen molar-refractivity contribution in [3.63, 3.8) is 0 Å². The SMILES string of the molecule is CC(=O)OC1C(OC(C)=O)[C@@H](OC(C)=O)[C@@H](OC(C)=O)C(OP(=O)(O)O)[C@H]1OC(C)=O. The summed E-state index contributed by atoms with van der Waals surface area (Å²) in [5, 5.41) is 0. The van der Waals surface area contributed by atoms with Gasteiger partial charge >= 0.3 is 37.7 Å². The van der Waals surface area contributed by atoms with E-state index in [2.05, 4.69) is 4.52 Å². The number of phosphoric acid groups is 1. The lowest BCUT2D eigenvalue weighted by Gasteiger charge is -2.47. The lowest BCUT2D eigenvalue weighted by atomic mass is 9.83. The summed E-state index contributed by atoms with van der Waals surface area (Å²) in [5.74, 6) is -4.90.